The number of hydrogen-bond acceptors (Lipinski definition) is 5. The maximum atomic E-state index is 11.8. The van der Waals surface area contributed by atoms with Gasteiger partial charge in [-0.3, -0.25) is 4.79 Å². The largest absolute Gasteiger partial charge is 0.398 e. The Morgan fingerprint density at radius 1 is 1.27 bits per heavy atom. The molecule has 3 N–H and O–H groups in total. The predicted molar refractivity (Wildman–Crippen MR) is 130 cm³/mol. The zero-order valence-corrected chi connectivity index (χ0v) is 20.0. The van der Waals surface area contributed by atoms with Gasteiger partial charge in [0.1, 0.15) is 12.1 Å². The van der Waals surface area contributed by atoms with E-state index < -0.39 is 0 Å². The number of rotatable bonds is 5. The Morgan fingerprint density at radius 3 is 2.27 bits per heavy atom. The van der Waals surface area contributed by atoms with Crippen molar-refractivity contribution in [2.45, 2.75) is 61.3 Å². The Balaban J connectivity index is 0.000000702. The van der Waals surface area contributed by atoms with Crippen molar-refractivity contribution in [3.63, 3.8) is 0 Å². The van der Waals surface area contributed by atoms with Crippen LogP contribution in [0.2, 0.25) is 0 Å². The summed E-state index contributed by atoms with van der Waals surface area (Å²) in [6.45, 7) is 14.4. The minimum atomic E-state index is 0.0218. The monoisotopic (exact) mass is 416 g/mol. The van der Waals surface area contributed by atoms with E-state index in [4.69, 9.17) is 5.73 Å². The first kappa shape index (κ1) is 27.4. The number of nitrogen functional groups attached to an aromatic ring is 1. The van der Waals surface area contributed by atoms with Crippen LogP contribution in [0.15, 0.2) is 24.4 Å². The highest BCUT2D eigenvalue weighted by Crippen LogP contribution is 2.35. The molecule has 2 aromatic rings. The van der Waals surface area contributed by atoms with Gasteiger partial charge in [-0.1, -0.05) is 41.5 Å². The van der Waals surface area contributed by atoms with Gasteiger partial charge < -0.3 is 20.7 Å². The number of nitrogens with zero attached hydrogens (tertiary/aromatic N) is 2. The van der Waals surface area contributed by atoms with Gasteiger partial charge in [0, 0.05) is 49.4 Å². The van der Waals surface area contributed by atoms with Crippen molar-refractivity contribution < 1.29 is 9.59 Å². The number of carbonyl (C=O) groups is 2. The summed E-state index contributed by atoms with van der Waals surface area (Å²) in [7, 11) is 1.82. The SMILES string of the molecule is CC.CC.CC1CC1C=O.CCCN(C(C)=O)c1cc(N)c2cnc(NC)cc2c1. The van der Waals surface area contributed by atoms with Gasteiger partial charge in [-0.25, -0.2) is 4.98 Å². The quantitative estimate of drug-likeness (QED) is 0.495. The Hall–Kier alpha value is -2.63. The van der Waals surface area contributed by atoms with Gasteiger partial charge in [-0.05, 0) is 42.3 Å². The average Bonchev–Trinajstić information content (AvgIpc) is 3.50. The van der Waals surface area contributed by atoms with Crippen molar-refractivity contribution in [2.75, 3.05) is 29.5 Å². The number of anilines is 3. The molecule has 168 valence electrons. The average molecular weight is 417 g/mol. The minimum absolute atomic E-state index is 0.0218. The first-order valence-electron chi connectivity index (χ1n) is 11.0. The number of hydrogen-bond donors (Lipinski definition) is 2. The molecule has 3 rings (SSSR count). The van der Waals surface area contributed by atoms with Crippen molar-refractivity contribution in [3.05, 3.63) is 24.4 Å². The molecule has 1 fully saturated rings. The van der Waals surface area contributed by atoms with E-state index in [2.05, 4.69) is 17.2 Å². The number of amides is 1. The van der Waals surface area contributed by atoms with Crippen molar-refractivity contribution >= 4 is 40.2 Å². The molecule has 1 amide bonds. The second-order valence-electron chi connectivity index (χ2n) is 6.76. The minimum Gasteiger partial charge on any atom is -0.398 e. The molecule has 1 saturated carbocycles. The lowest BCUT2D eigenvalue weighted by Gasteiger charge is -2.21. The second kappa shape index (κ2) is 14.4. The number of benzene rings is 1. The van der Waals surface area contributed by atoms with E-state index in [1.807, 2.05) is 59.9 Å². The van der Waals surface area contributed by atoms with Gasteiger partial charge in [-0.15, -0.1) is 0 Å². The molecule has 0 bridgehead atoms. The summed E-state index contributed by atoms with van der Waals surface area (Å²) in [5.74, 6) is 1.92. The molecule has 0 radical (unpaired) electrons. The van der Waals surface area contributed by atoms with Crippen molar-refractivity contribution in [3.8, 4) is 0 Å². The highest BCUT2D eigenvalue weighted by molar-refractivity contribution is 6.00. The third-order valence-corrected chi connectivity index (χ3v) is 4.60. The Morgan fingerprint density at radius 2 is 1.87 bits per heavy atom. The van der Waals surface area contributed by atoms with E-state index in [0.717, 1.165) is 41.4 Å². The van der Waals surface area contributed by atoms with E-state index >= 15 is 0 Å². The standard InChI is InChI=1S/C15H20N4O.C5H8O.2C2H6/c1-4-5-19(10(2)20)12-6-11-7-15(17-3)18-9-13(11)14(16)8-12;1-4-2-5(4)3-6;2*1-2/h6-9H,4-5,16H2,1-3H3,(H,17,18);3-5H,2H2,1H3;2*1-2H3. The van der Waals surface area contributed by atoms with E-state index in [1.54, 1.807) is 18.0 Å². The zero-order chi connectivity index (χ0) is 23.3. The highest BCUT2D eigenvalue weighted by atomic mass is 16.2. The Labute approximate surface area is 182 Å². The molecule has 1 aliphatic rings. The van der Waals surface area contributed by atoms with Crippen molar-refractivity contribution in [2.24, 2.45) is 11.8 Å². The van der Waals surface area contributed by atoms with Crippen LogP contribution in [0.25, 0.3) is 10.8 Å². The maximum Gasteiger partial charge on any atom is 0.223 e. The van der Waals surface area contributed by atoms with Gasteiger partial charge in [0.05, 0.1) is 0 Å². The van der Waals surface area contributed by atoms with Crippen LogP contribution in [0, 0.1) is 11.8 Å². The van der Waals surface area contributed by atoms with Crippen LogP contribution in [0.1, 0.15) is 61.3 Å². The molecule has 6 nitrogen and oxygen atoms in total. The van der Waals surface area contributed by atoms with Crippen LogP contribution in [-0.2, 0) is 9.59 Å². The van der Waals surface area contributed by atoms with Gasteiger partial charge in [-0.2, -0.15) is 0 Å². The molecule has 0 spiro atoms. The fraction of sp³-hybridized carbons (Fsp3) is 0.542. The van der Waals surface area contributed by atoms with Gasteiger partial charge in [0.25, 0.3) is 0 Å². The van der Waals surface area contributed by atoms with Crippen LogP contribution in [0.5, 0.6) is 0 Å². The molecule has 0 saturated heterocycles. The lowest BCUT2D eigenvalue weighted by molar-refractivity contribution is -0.116. The summed E-state index contributed by atoms with van der Waals surface area (Å²) >= 11 is 0. The lowest BCUT2D eigenvalue weighted by atomic mass is 10.1. The van der Waals surface area contributed by atoms with E-state index in [1.165, 1.54) is 0 Å². The second-order valence-corrected chi connectivity index (χ2v) is 6.76. The van der Waals surface area contributed by atoms with E-state index in [-0.39, 0.29) is 5.91 Å². The molecule has 2 unspecified atom stereocenters. The van der Waals surface area contributed by atoms with Gasteiger partial charge in [0.15, 0.2) is 0 Å². The molecule has 1 aliphatic carbocycles. The summed E-state index contributed by atoms with van der Waals surface area (Å²) in [5, 5.41) is 4.87. The van der Waals surface area contributed by atoms with Crippen LogP contribution < -0.4 is 16.0 Å². The third kappa shape index (κ3) is 8.01. The fourth-order valence-corrected chi connectivity index (χ4v) is 2.79. The summed E-state index contributed by atoms with van der Waals surface area (Å²) in [6, 6.07) is 5.74. The number of nitrogens with one attached hydrogen (secondary N) is 1. The number of fused-ring (bicyclic) bond motifs is 1. The zero-order valence-electron chi connectivity index (χ0n) is 20.0. The van der Waals surface area contributed by atoms with Crippen molar-refractivity contribution in [1.29, 1.82) is 0 Å². The smallest absolute Gasteiger partial charge is 0.223 e. The fourth-order valence-electron chi connectivity index (χ4n) is 2.79. The van der Waals surface area contributed by atoms with Crippen LogP contribution >= 0.6 is 0 Å². The summed E-state index contributed by atoms with van der Waals surface area (Å²) in [4.78, 5) is 27.5. The van der Waals surface area contributed by atoms with Crippen molar-refractivity contribution in [1.82, 2.24) is 4.98 Å². The molecule has 1 aromatic carbocycles. The number of pyridine rings is 1. The van der Waals surface area contributed by atoms with E-state index in [9.17, 15) is 9.59 Å². The van der Waals surface area contributed by atoms with E-state index in [0.29, 0.717) is 24.1 Å². The highest BCUT2D eigenvalue weighted by Gasteiger charge is 2.31. The third-order valence-electron chi connectivity index (χ3n) is 4.60. The molecule has 6 heteroatoms. The number of nitrogens with two attached hydrogens (primary N) is 1. The number of carbonyl (C=O) groups excluding carboxylic acids is 2. The van der Waals surface area contributed by atoms with Crippen LogP contribution in [0.4, 0.5) is 17.2 Å². The van der Waals surface area contributed by atoms with Crippen LogP contribution in [0.3, 0.4) is 0 Å². The molecule has 1 heterocycles. The molecular formula is C24H40N4O2. The summed E-state index contributed by atoms with van der Waals surface area (Å²) in [5.41, 5.74) is 7.55. The number of aromatic nitrogens is 1. The Bertz CT molecular complexity index is 792. The summed E-state index contributed by atoms with van der Waals surface area (Å²) in [6.07, 6.45) is 4.82. The molecular weight excluding hydrogens is 376 g/mol. The maximum absolute atomic E-state index is 11.8. The van der Waals surface area contributed by atoms with Gasteiger partial charge in [0.2, 0.25) is 5.91 Å². The molecule has 2 atom stereocenters. The van der Waals surface area contributed by atoms with Gasteiger partial charge >= 0.3 is 0 Å². The summed E-state index contributed by atoms with van der Waals surface area (Å²) < 4.78 is 0. The topological polar surface area (TPSA) is 88.3 Å². The Kier molecular flexibility index (Phi) is 13.1. The van der Waals surface area contributed by atoms with Crippen LogP contribution in [-0.4, -0.2) is 30.8 Å². The number of aldehydes is 1. The molecule has 0 aliphatic heterocycles. The first-order valence-corrected chi connectivity index (χ1v) is 11.0. The first-order chi connectivity index (χ1) is 14.4. The normalized spacial score (nSPS) is 15.9. The lowest BCUT2D eigenvalue weighted by Crippen LogP contribution is -2.29. The molecule has 1 aromatic heterocycles. The molecule has 30 heavy (non-hydrogen) atoms. The predicted octanol–water partition coefficient (Wildman–Crippen LogP) is 5.52.